The Morgan fingerprint density at radius 2 is 1.95 bits per heavy atom. The van der Waals surface area contributed by atoms with Crippen molar-refractivity contribution in [1.29, 1.82) is 0 Å². The molecule has 0 saturated carbocycles. The fourth-order valence-corrected chi connectivity index (χ4v) is 2.82. The summed E-state index contributed by atoms with van der Waals surface area (Å²) in [5.74, 6) is 0. The summed E-state index contributed by atoms with van der Waals surface area (Å²) in [5, 5.41) is 3.62. The minimum absolute atomic E-state index is 0.00647. The van der Waals surface area contributed by atoms with Gasteiger partial charge in [-0.05, 0) is 25.0 Å². The molecule has 2 aromatic rings. The van der Waals surface area contributed by atoms with Gasteiger partial charge in [0.1, 0.15) is 5.65 Å². The molecule has 0 unspecified atom stereocenters. The summed E-state index contributed by atoms with van der Waals surface area (Å²) in [6, 6.07) is 3.68. The van der Waals surface area contributed by atoms with Gasteiger partial charge in [0.2, 0.25) is 0 Å². The molecule has 2 aromatic heterocycles. The SMILES string of the molecule is O=C(NCc1cn2cc(Cl)ccc2n1)N1CCCCCC1. The molecule has 1 aliphatic rings. The fourth-order valence-electron chi connectivity index (χ4n) is 2.65. The van der Waals surface area contributed by atoms with Crippen LogP contribution in [0.5, 0.6) is 0 Å². The highest BCUT2D eigenvalue weighted by Gasteiger charge is 2.15. The Morgan fingerprint density at radius 1 is 1.19 bits per heavy atom. The van der Waals surface area contributed by atoms with Crippen molar-refractivity contribution in [2.24, 2.45) is 0 Å². The van der Waals surface area contributed by atoms with Crippen molar-refractivity contribution in [2.75, 3.05) is 13.1 Å². The number of urea groups is 1. The number of hydrogen-bond donors (Lipinski definition) is 1. The molecule has 0 aliphatic carbocycles. The molecule has 3 rings (SSSR count). The van der Waals surface area contributed by atoms with Gasteiger partial charge in [0.15, 0.2) is 0 Å². The van der Waals surface area contributed by atoms with Crippen LogP contribution >= 0.6 is 11.6 Å². The normalized spacial score (nSPS) is 16.0. The second kappa shape index (κ2) is 6.35. The second-order valence-electron chi connectivity index (χ2n) is 5.40. The number of imidazole rings is 1. The number of nitrogens with one attached hydrogen (secondary N) is 1. The van der Waals surface area contributed by atoms with Gasteiger partial charge in [0.25, 0.3) is 0 Å². The zero-order chi connectivity index (χ0) is 14.7. The van der Waals surface area contributed by atoms with Crippen molar-refractivity contribution in [3.63, 3.8) is 0 Å². The van der Waals surface area contributed by atoms with E-state index in [0.717, 1.165) is 37.3 Å². The van der Waals surface area contributed by atoms with Crippen LogP contribution in [0.4, 0.5) is 4.79 Å². The molecular weight excluding hydrogens is 288 g/mol. The fraction of sp³-hybridized carbons (Fsp3) is 0.467. The molecule has 21 heavy (non-hydrogen) atoms. The third kappa shape index (κ3) is 3.47. The van der Waals surface area contributed by atoms with Crippen LogP contribution in [0, 0.1) is 0 Å². The highest BCUT2D eigenvalue weighted by molar-refractivity contribution is 6.30. The number of pyridine rings is 1. The van der Waals surface area contributed by atoms with E-state index in [-0.39, 0.29) is 6.03 Å². The van der Waals surface area contributed by atoms with Crippen LogP contribution in [0.25, 0.3) is 5.65 Å². The lowest BCUT2D eigenvalue weighted by atomic mass is 10.2. The van der Waals surface area contributed by atoms with E-state index in [1.165, 1.54) is 12.8 Å². The summed E-state index contributed by atoms with van der Waals surface area (Å²) >= 11 is 5.95. The molecule has 0 radical (unpaired) electrons. The van der Waals surface area contributed by atoms with Crippen LogP contribution < -0.4 is 5.32 Å². The predicted molar refractivity (Wildman–Crippen MR) is 82.5 cm³/mol. The number of aromatic nitrogens is 2. The van der Waals surface area contributed by atoms with Crippen LogP contribution in [-0.4, -0.2) is 33.4 Å². The quantitative estimate of drug-likeness (QED) is 0.927. The Morgan fingerprint density at radius 3 is 2.71 bits per heavy atom. The third-order valence-corrected chi connectivity index (χ3v) is 4.00. The van der Waals surface area contributed by atoms with Crippen LogP contribution in [0.15, 0.2) is 24.5 Å². The van der Waals surface area contributed by atoms with Crippen molar-refractivity contribution >= 4 is 23.3 Å². The van der Waals surface area contributed by atoms with Crippen LogP contribution in [-0.2, 0) is 6.54 Å². The van der Waals surface area contributed by atoms with Gasteiger partial charge in [0.05, 0.1) is 17.3 Å². The number of fused-ring (bicyclic) bond motifs is 1. The molecule has 0 spiro atoms. The average Bonchev–Trinajstić information content (AvgIpc) is 2.69. The summed E-state index contributed by atoms with van der Waals surface area (Å²) in [6.07, 6.45) is 8.34. The topological polar surface area (TPSA) is 49.6 Å². The number of rotatable bonds is 2. The van der Waals surface area contributed by atoms with E-state index in [1.807, 2.05) is 33.8 Å². The smallest absolute Gasteiger partial charge is 0.317 e. The highest BCUT2D eigenvalue weighted by atomic mass is 35.5. The molecule has 1 saturated heterocycles. The average molecular weight is 307 g/mol. The molecule has 0 atom stereocenters. The molecular formula is C15H19ClN4O. The lowest BCUT2D eigenvalue weighted by Crippen LogP contribution is -2.40. The number of carbonyl (C=O) groups excluding carboxylic acids is 1. The summed E-state index contributed by atoms with van der Waals surface area (Å²) in [7, 11) is 0. The van der Waals surface area contributed by atoms with Crippen molar-refractivity contribution in [3.05, 3.63) is 35.2 Å². The first-order valence-electron chi connectivity index (χ1n) is 7.38. The number of nitrogens with zero attached hydrogens (tertiary/aromatic N) is 3. The maximum absolute atomic E-state index is 12.2. The number of halogens is 1. The zero-order valence-corrected chi connectivity index (χ0v) is 12.6. The Labute approximate surface area is 128 Å². The molecule has 3 heterocycles. The minimum Gasteiger partial charge on any atom is -0.332 e. The maximum atomic E-state index is 12.2. The van der Waals surface area contributed by atoms with E-state index in [2.05, 4.69) is 10.3 Å². The van der Waals surface area contributed by atoms with Crippen LogP contribution in [0.2, 0.25) is 5.02 Å². The zero-order valence-electron chi connectivity index (χ0n) is 11.9. The van der Waals surface area contributed by atoms with Gasteiger partial charge in [-0.15, -0.1) is 0 Å². The maximum Gasteiger partial charge on any atom is 0.317 e. The Bertz CT molecular complexity index is 632. The molecule has 1 N–H and O–H groups in total. The van der Waals surface area contributed by atoms with E-state index in [4.69, 9.17) is 11.6 Å². The number of likely N-dealkylation sites (tertiary alicyclic amines) is 1. The molecule has 0 bridgehead atoms. The van der Waals surface area contributed by atoms with Crippen molar-refractivity contribution < 1.29 is 4.79 Å². The Balaban J connectivity index is 1.61. The van der Waals surface area contributed by atoms with Gasteiger partial charge in [-0.3, -0.25) is 0 Å². The first-order valence-corrected chi connectivity index (χ1v) is 7.76. The molecule has 1 aliphatic heterocycles. The molecule has 5 nitrogen and oxygen atoms in total. The second-order valence-corrected chi connectivity index (χ2v) is 5.84. The van der Waals surface area contributed by atoms with Gasteiger partial charge in [-0.25, -0.2) is 9.78 Å². The van der Waals surface area contributed by atoms with E-state index in [0.29, 0.717) is 11.6 Å². The van der Waals surface area contributed by atoms with E-state index in [9.17, 15) is 4.79 Å². The van der Waals surface area contributed by atoms with Crippen LogP contribution in [0.3, 0.4) is 0 Å². The molecule has 112 valence electrons. The predicted octanol–water partition coefficient (Wildman–Crippen LogP) is 3.07. The largest absolute Gasteiger partial charge is 0.332 e. The first kappa shape index (κ1) is 14.2. The lowest BCUT2D eigenvalue weighted by Gasteiger charge is -2.20. The van der Waals surface area contributed by atoms with Crippen LogP contribution in [0.1, 0.15) is 31.4 Å². The molecule has 0 aromatic carbocycles. The standard InChI is InChI=1S/C15H19ClN4O/c16-12-5-6-14-18-13(11-20(14)10-12)9-17-15(21)19-7-3-1-2-4-8-19/h5-6,10-11H,1-4,7-9H2,(H,17,21). The van der Waals surface area contributed by atoms with Gasteiger partial charge >= 0.3 is 6.03 Å². The lowest BCUT2D eigenvalue weighted by molar-refractivity contribution is 0.199. The summed E-state index contributed by atoms with van der Waals surface area (Å²) < 4.78 is 1.87. The van der Waals surface area contributed by atoms with Crippen molar-refractivity contribution in [2.45, 2.75) is 32.2 Å². The van der Waals surface area contributed by atoms with E-state index in [1.54, 1.807) is 0 Å². The molecule has 2 amide bonds. The van der Waals surface area contributed by atoms with Crippen molar-refractivity contribution in [1.82, 2.24) is 19.6 Å². The summed E-state index contributed by atoms with van der Waals surface area (Å²) in [6.45, 7) is 2.15. The monoisotopic (exact) mass is 306 g/mol. The van der Waals surface area contributed by atoms with E-state index < -0.39 is 0 Å². The number of hydrogen-bond acceptors (Lipinski definition) is 2. The number of amides is 2. The van der Waals surface area contributed by atoms with E-state index >= 15 is 0 Å². The van der Waals surface area contributed by atoms with Gasteiger partial charge in [-0.2, -0.15) is 0 Å². The van der Waals surface area contributed by atoms with Gasteiger partial charge < -0.3 is 14.6 Å². The number of carbonyl (C=O) groups is 1. The molecule has 1 fully saturated rings. The van der Waals surface area contributed by atoms with Crippen molar-refractivity contribution in [3.8, 4) is 0 Å². The third-order valence-electron chi connectivity index (χ3n) is 3.78. The highest BCUT2D eigenvalue weighted by Crippen LogP contribution is 2.12. The molecule has 6 heteroatoms. The van der Waals surface area contributed by atoms with Gasteiger partial charge in [0, 0.05) is 25.5 Å². The Hall–Kier alpha value is -1.75. The minimum atomic E-state index is 0.00647. The first-order chi connectivity index (χ1) is 10.2. The van der Waals surface area contributed by atoms with Gasteiger partial charge in [-0.1, -0.05) is 24.4 Å². The Kier molecular flexibility index (Phi) is 4.29. The summed E-state index contributed by atoms with van der Waals surface area (Å²) in [5.41, 5.74) is 1.67. The summed E-state index contributed by atoms with van der Waals surface area (Å²) in [4.78, 5) is 18.5.